The molecule has 0 aromatic carbocycles. The predicted octanol–water partition coefficient (Wildman–Crippen LogP) is 0.373. The Morgan fingerprint density at radius 3 is 2.76 bits per heavy atom. The second kappa shape index (κ2) is 4.67. The van der Waals surface area contributed by atoms with Crippen LogP contribution in [0, 0.1) is 0 Å². The van der Waals surface area contributed by atoms with Crippen molar-refractivity contribution in [1.29, 1.82) is 0 Å². The fraction of sp³-hybridized carbons (Fsp3) is 0.545. The highest BCUT2D eigenvalue weighted by Gasteiger charge is 2.24. The fourth-order valence-electron chi connectivity index (χ4n) is 2.00. The van der Waals surface area contributed by atoms with Gasteiger partial charge in [-0.2, -0.15) is 4.98 Å². The first-order valence-electron chi connectivity index (χ1n) is 5.48. The van der Waals surface area contributed by atoms with Crippen molar-refractivity contribution in [2.75, 3.05) is 13.2 Å². The van der Waals surface area contributed by atoms with Gasteiger partial charge >= 0.3 is 11.7 Å². The van der Waals surface area contributed by atoms with Gasteiger partial charge in [-0.1, -0.05) is 0 Å². The first kappa shape index (κ1) is 11.8. The molecule has 0 radical (unpaired) electrons. The van der Waals surface area contributed by atoms with Gasteiger partial charge in [0, 0.05) is 32.4 Å². The summed E-state index contributed by atoms with van der Waals surface area (Å²) in [6, 6.07) is 0. The molecule has 1 saturated heterocycles. The molecule has 0 saturated carbocycles. The molecule has 0 amide bonds. The molecule has 92 valence electrons. The zero-order valence-electron chi connectivity index (χ0n) is 9.55. The molecule has 0 atom stereocenters. The average molecular weight is 238 g/mol. The van der Waals surface area contributed by atoms with E-state index < -0.39 is 11.7 Å². The fourth-order valence-corrected chi connectivity index (χ4v) is 2.00. The molecule has 1 aromatic heterocycles. The van der Waals surface area contributed by atoms with Crippen LogP contribution in [-0.4, -0.2) is 33.8 Å². The van der Waals surface area contributed by atoms with Crippen molar-refractivity contribution in [2.24, 2.45) is 7.05 Å². The zero-order chi connectivity index (χ0) is 12.4. The molecule has 1 N–H and O–H groups in total. The van der Waals surface area contributed by atoms with Crippen molar-refractivity contribution < 1.29 is 14.6 Å². The van der Waals surface area contributed by atoms with E-state index in [1.165, 1.54) is 17.8 Å². The van der Waals surface area contributed by atoms with Crippen molar-refractivity contribution in [3.05, 3.63) is 27.9 Å². The molecule has 1 aromatic rings. The van der Waals surface area contributed by atoms with E-state index in [4.69, 9.17) is 9.84 Å². The summed E-state index contributed by atoms with van der Waals surface area (Å²) in [5.74, 6) is -1.04. The molecule has 6 nitrogen and oxygen atoms in total. The molecule has 2 rings (SSSR count). The van der Waals surface area contributed by atoms with Crippen molar-refractivity contribution in [2.45, 2.75) is 18.8 Å². The molecule has 1 aliphatic rings. The first-order valence-corrected chi connectivity index (χ1v) is 5.48. The standard InChI is InChI=1S/C11H14N2O4/c1-13-6-8(10(14)15)9(12-11(13)16)7-2-4-17-5-3-7/h6-7H,2-5H2,1H3,(H,14,15). The number of aryl methyl sites for hydroxylation is 1. The lowest BCUT2D eigenvalue weighted by Gasteiger charge is -2.22. The number of aromatic carboxylic acids is 1. The second-order valence-electron chi connectivity index (χ2n) is 4.13. The highest BCUT2D eigenvalue weighted by molar-refractivity contribution is 5.88. The number of hydrogen-bond donors (Lipinski definition) is 1. The van der Waals surface area contributed by atoms with Gasteiger partial charge < -0.3 is 14.4 Å². The van der Waals surface area contributed by atoms with Gasteiger partial charge in [-0.05, 0) is 12.8 Å². The van der Waals surface area contributed by atoms with Crippen LogP contribution in [0.15, 0.2) is 11.0 Å². The quantitative estimate of drug-likeness (QED) is 0.805. The van der Waals surface area contributed by atoms with E-state index in [1.807, 2.05) is 0 Å². The van der Waals surface area contributed by atoms with Gasteiger partial charge in [0.25, 0.3) is 0 Å². The number of nitrogens with zero attached hydrogens (tertiary/aromatic N) is 2. The summed E-state index contributed by atoms with van der Waals surface area (Å²) in [5, 5.41) is 9.13. The van der Waals surface area contributed by atoms with Crippen LogP contribution in [0.25, 0.3) is 0 Å². The van der Waals surface area contributed by atoms with E-state index in [0.29, 0.717) is 31.7 Å². The lowest BCUT2D eigenvalue weighted by atomic mass is 9.93. The Balaban J connectivity index is 2.46. The smallest absolute Gasteiger partial charge is 0.347 e. The zero-order valence-corrected chi connectivity index (χ0v) is 9.55. The largest absolute Gasteiger partial charge is 0.478 e. The third kappa shape index (κ3) is 2.36. The summed E-state index contributed by atoms with van der Waals surface area (Å²) in [6.45, 7) is 1.17. The summed E-state index contributed by atoms with van der Waals surface area (Å²) in [7, 11) is 1.50. The highest BCUT2D eigenvalue weighted by atomic mass is 16.5. The topological polar surface area (TPSA) is 81.4 Å². The van der Waals surface area contributed by atoms with E-state index in [1.54, 1.807) is 0 Å². The van der Waals surface area contributed by atoms with Gasteiger partial charge in [0.05, 0.1) is 11.3 Å². The van der Waals surface area contributed by atoms with Crippen molar-refractivity contribution in [3.63, 3.8) is 0 Å². The molecule has 6 heteroatoms. The van der Waals surface area contributed by atoms with Crippen LogP contribution < -0.4 is 5.69 Å². The maximum Gasteiger partial charge on any atom is 0.347 e. The summed E-state index contributed by atoms with van der Waals surface area (Å²) in [4.78, 5) is 26.5. The number of hydrogen-bond acceptors (Lipinski definition) is 4. The molecule has 0 spiro atoms. The summed E-state index contributed by atoms with van der Waals surface area (Å²) in [5.41, 5.74) is 0.0828. The molecular weight excluding hydrogens is 224 g/mol. The molecule has 2 heterocycles. The van der Waals surface area contributed by atoms with E-state index in [9.17, 15) is 9.59 Å². The van der Waals surface area contributed by atoms with Crippen molar-refractivity contribution in [1.82, 2.24) is 9.55 Å². The minimum Gasteiger partial charge on any atom is -0.478 e. The summed E-state index contributed by atoms with van der Waals surface area (Å²) in [6.07, 6.45) is 2.75. The summed E-state index contributed by atoms with van der Waals surface area (Å²) >= 11 is 0. The van der Waals surface area contributed by atoms with Crippen LogP contribution in [0.2, 0.25) is 0 Å². The van der Waals surface area contributed by atoms with E-state index >= 15 is 0 Å². The molecule has 0 aliphatic carbocycles. The monoisotopic (exact) mass is 238 g/mol. The van der Waals surface area contributed by atoms with Crippen molar-refractivity contribution in [3.8, 4) is 0 Å². The number of carboxylic acid groups (broad SMARTS) is 1. The number of rotatable bonds is 2. The van der Waals surface area contributed by atoms with Crippen LogP contribution in [0.1, 0.15) is 34.8 Å². The third-order valence-electron chi connectivity index (χ3n) is 2.95. The third-order valence-corrected chi connectivity index (χ3v) is 2.95. The predicted molar refractivity (Wildman–Crippen MR) is 59.2 cm³/mol. The Morgan fingerprint density at radius 2 is 2.18 bits per heavy atom. The number of carboxylic acids is 1. The molecule has 0 bridgehead atoms. The van der Waals surface area contributed by atoms with Gasteiger partial charge in [-0.3, -0.25) is 0 Å². The SMILES string of the molecule is Cn1cc(C(=O)O)c(C2CCOCC2)nc1=O. The van der Waals surface area contributed by atoms with Crippen LogP contribution in [0.5, 0.6) is 0 Å². The van der Waals surface area contributed by atoms with Crippen LogP contribution in [0.4, 0.5) is 0 Å². The molecule has 1 aliphatic heterocycles. The van der Waals surface area contributed by atoms with Gasteiger partial charge in [0.1, 0.15) is 0 Å². The maximum atomic E-state index is 11.5. The van der Waals surface area contributed by atoms with Gasteiger partial charge in [0.15, 0.2) is 0 Å². The first-order chi connectivity index (χ1) is 8.09. The number of carbonyl (C=O) groups is 1. The second-order valence-corrected chi connectivity index (χ2v) is 4.13. The van der Waals surface area contributed by atoms with Crippen LogP contribution in [0.3, 0.4) is 0 Å². The minimum absolute atomic E-state index is 0.00347. The molecule has 1 fully saturated rings. The Hall–Kier alpha value is -1.69. The molecule has 17 heavy (non-hydrogen) atoms. The Morgan fingerprint density at radius 1 is 1.53 bits per heavy atom. The normalized spacial score (nSPS) is 17.0. The Kier molecular flexibility index (Phi) is 3.23. The average Bonchev–Trinajstić information content (AvgIpc) is 2.33. The molecule has 0 unspecified atom stereocenters. The Labute approximate surface area is 97.9 Å². The minimum atomic E-state index is -1.05. The van der Waals surface area contributed by atoms with E-state index in [0.717, 1.165) is 0 Å². The van der Waals surface area contributed by atoms with Crippen molar-refractivity contribution >= 4 is 5.97 Å². The lowest BCUT2D eigenvalue weighted by molar-refractivity contribution is 0.0681. The van der Waals surface area contributed by atoms with Gasteiger partial charge in [-0.25, -0.2) is 9.59 Å². The molecular formula is C11H14N2O4. The lowest BCUT2D eigenvalue weighted by Crippen LogP contribution is -2.27. The van der Waals surface area contributed by atoms with Gasteiger partial charge in [0.2, 0.25) is 0 Å². The Bertz CT molecular complexity index is 489. The number of ether oxygens (including phenoxy) is 1. The van der Waals surface area contributed by atoms with E-state index in [-0.39, 0.29) is 11.5 Å². The van der Waals surface area contributed by atoms with Gasteiger partial charge in [-0.15, -0.1) is 0 Å². The highest BCUT2D eigenvalue weighted by Crippen LogP contribution is 2.26. The summed E-state index contributed by atoms with van der Waals surface area (Å²) < 4.78 is 6.40. The van der Waals surface area contributed by atoms with E-state index in [2.05, 4.69) is 4.98 Å². The maximum absolute atomic E-state index is 11.5. The van der Waals surface area contributed by atoms with Crippen LogP contribution >= 0.6 is 0 Å². The van der Waals surface area contributed by atoms with Crippen LogP contribution in [-0.2, 0) is 11.8 Å². The number of aromatic nitrogens is 2.